The SMILES string of the molecule is CCCCc1ccc(-n2nc3cc(Cl)c(NC(=O)C=Cc4ccc(Cl)cc4)cc3n2)cc1. The van der Waals surface area contributed by atoms with Crippen LogP contribution in [0.15, 0.2) is 66.7 Å². The molecule has 0 aliphatic heterocycles. The smallest absolute Gasteiger partial charge is 0.248 e. The maximum Gasteiger partial charge on any atom is 0.248 e. The normalized spacial score (nSPS) is 11.3. The number of fused-ring (bicyclic) bond motifs is 1. The summed E-state index contributed by atoms with van der Waals surface area (Å²) in [6, 6.07) is 18.9. The highest BCUT2D eigenvalue weighted by atomic mass is 35.5. The molecule has 0 aliphatic rings. The number of benzene rings is 3. The van der Waals surface area contributed by atoms with E-state index in [0.29, 0.717) is 26.8 Å². The number of carbonyl (C=O) groups is 1. The van der Waals surface area contributed by atoms with E-state index in [1.54, 1.807) is 35.1 Å². The molecule has 3 aromatic carbocycles. The van der Waals surface area contributed by atoms with Crippen molar-refractivity contribution < 1.29 is 4.79 Å². The number of nitrogens with zero attached hydrogens (tertiary/aromatic N) is 3. The molecule has 1 heterocycles. The van der Waals surface area contributed by atoms with Crippen molar-refractivity contribution in [2.24, 2.45) is 0 Å². The van der Waals surface area contributed by atoms with Gasteiger partial charge in [-0.05, 0) is 66.4 Å². The summed E-state index contributed by atoms with van der Waals surface area (Å²) in [5.74, 6) is -0.295. The topological polar surface area (TPSA) is 59.8 Å². The predicted octanol–water partition coefficient (Wildman–Crippen LogP) is 6.72. The molecule has 0 unspecified atom stereocenters. The van der Waals surface area contributed by atoms with Crippen LogP contribution in [0, 0.1) is 0 Å². The van der Waals surface area contributed by atoms with Crippen LogP contribution < -0.4 is 5.32 Å². The van der Waals surface area contributed by atoms with Crippen molar-refractivity contribution in [2.75, 3.05) is 5.32 Å². The average Bonchev–Trinajstić information content (AvgIpc) is 3.20. The molecule has 7 heteroatoms. The van der Waals surface area contributed by atoms with Gasteiger partial charge in [0.15, 0.2) is 0 Å². The van der Waals surface area contributed by atoms with Gasteiger partial charge in [-0.3, -0.25) is 4.79 Å². The van der Waals surface area contributed by atoms with Gasteiger partial charge in [-0.25, -0.2) is 0 Å². The number of anilines is 1. The van der Waals surface area contributed by atoms with Gasteiger partial charge in [0.1, 0.15) is 11.0 Å². The van der Waals surface area contributed by atoms with E-state index >= 15 is 0 Å². The Kier molecular flexibility index (Phi) is 6.88. The van der Waals surface area contributed by atoms with Crippen molar-refractivity contribution in [1.29, 1.82) is 0 Å². The van der Waals surface area contributed by atoms with Gasteiger partial charge < -0.3 is 5.32 Å². The minimum absolute atomic E-state index is 0.295. The molecule has 0 fully saturated rings. The van der Waals surface area contributed by atoms with Crippen molar-refractivity contribution in [3.8, 4) is 5.69 Å². The third-order valence-corrected chi connectivity index (χ3v) is 5.58. The first-order chi connectivity index (χ1) is 15.5. The number of hydrogen-bond acceptors (Lipinski definition) is 3. The zero-order valence-electron chi connectivity index (χ0n) is 17.6. The van der Waals surface area contributed by atoms with Gasteiger partial charge in [-0.15, -0.1) is 10.2 Å². The highest BCUT2D eigenvalue weighted by Gasteiger charge is 2.11. The van der Waals surface area contributed by atoms with Crippen molar-refractivity contribution in [3.05, 3.63) is 87.9 Å². The highest BCUT2D eigenvalue weighted by molar-refractivity contribution is 6.34. The lowest BCUT2D eigenvalue weighted by molar-refractivity contribution is -0.111. The van der Waals surface area contributed by atoms with Crippen molar-refractivity contribution in [1.82, 2.24) is 15.0 Å². The summed E-state index contributed by atoms with van der Waals surface area (Å²) < 4.78 is 0. The number of amides is 1. The minimum atomic E-state index is -0.295. The summed E-state index contributed by atoms with van der Waals surface area (Å²) in [5, 5.41) is 12.9. The fraction of sp³-hybridized carbons (Fsp3) is 0.160. The van der Waals surface area contributed by atoms with Crippen LogP contribution in [-0.4, -0.2) is 20.9 Å². The van der Waals surface area contributed by atoms with Gasteiger partial charge in [0.25, 0.3) is 0 Å². The van der Waals surface area contributed by atoms with Gasteiger partial charge in [-0.2, -0.15) is 4.80 Å². The van der Waals surface area contributed by atoms with E-state index in [9.17, 15) is 4.79 Å². The lowest BCUT2D eigenvalue weighted by Crippen LogP contribution is -2.08. The molecule has 0 bridgehead atoms. The Bertz CT molecular complexity index is 1260. The fourth-order valence-corrected chi connectivity index (χ4v) is 3.58. The predicted molar refractivity (Wildman–Crippen MR) is 132 cm³/mol. The average molecular weight is 465 g/mol. The minimum Gasteiger partial charge on any atom is -0.321 e. The van der Waals surface area contributed by atoms with Gasteiger partial charge in [0.2, 0.25) is 5.91 Å². The van der Waals surface area contributed by atoms with E-state index in [1.165, 1.54) is 24.5 Å². The zero-order chi connectivity index (χ0) is 22.5. The van der Waals surface area contributed by atoms with Crippen LogP contribution in [-0.2, 0) is 11.2 Å². The van der Waals surface area contributed by atoms with E-state index in [1.807, 2.05) is 24.3 Å². The maximum atomic E-state index is 12.4. The Balaban J connectivity index is 1.50. The molecule has 0 aliphatic carbocycles. The van der Waals surface area contributed by atoms with Gasteiger partial charge in [-0.1, -0.05) is 60.8 Å². The number of aryl methyl sites for hydroxylation is 1. The second-order valence-corrected chi connectivity index (χ2v) is 8.30. The Morgan fingerprint density at radius 1 is 1.00 bits per heavy atom. The largest absolute Gasteiger partial charge is 0.321 e. The van der Waals surface area contributed by atoms with Crippen molar-refractivity contribution >= 4 is 51.9 Å². The lowest BCUT2D eigenvalue weighted by Gasteiger charge is -2.04. The third-order valence-electron chi connectivity index (χ3n) is 5.01. The summed E-state index contributed by atoms with van der Waals surface area (Å²) in [4.78, 5) is 13.9. The van der Waals surface area contributed by atoms with E-state index < -0.39 is 0 Å². The first kappa shape index (κ1) is 22.1. The molecule has 4 aromatic rings. The standard InChI is InChI=1S/C25H22Cl2N4O/c1-2-3-4-17-7-12-20(13-8-17)31-29-23-15-21(27)22(16-24(23)30-31)28-25(32)14-9-18-5-10-19(26)11-6-18/h5-16H,2-4H2,1H3,(H,28,32). The van der Waals surface area contributed by atoms with E-state index in [2.05, 4.69) is 34.6 Å². The van der Waals surface area contributed by atoms with Crippen LogP contribution in [0.3, 0.4) is 0 Å². The molecular weight excluding hydrogens is 443 g/mol. The number of hydrogen-bond donors (Lipinski definition) is 1. The molecule has 0 saturated carbocycles. The molecule has 1 N–H and O–H groups in total. The van der Waals surface area contributed by atoms with E-state index in [-0.39, 0.29) is 5.91 Å². The first-order valence-corrected chi connectivity index (χ1v) is 11.2. The number of carbonyl (C=O) groups excluding carboxylic acids is 1. The fourth-order valence-electron chi connectivity index (χ4n) is 3.25. The zero-order valence-corrected chi connectivity index (χ0v) is 19.1. The van der Waals surface area contributed by atoms with Crippen LogP contribution in [0.1, 0.15) is 30.9 Å². The number of nitrogens with one attached hydrogen (secondary N) is 1. The molecule has 0 atom stereocenters. The van der Waals surface area contributed by atoms with E-state index in [4.69, 9.17) is 23.2 Å². The molecule has 4 rings (SSSR count). The van der Waals surface area contributed by atoms with Crippen LogP contribution in [0.2, 0.25) is 10.0 Å². The van der Waals surface area contributed by atoms with Crippen LogP contribution in [0.25, 0.3) is 22.8 Å². The number of rotatable bonds is 7. The summed E-state index contributed by atoms with van der Waals surface area (Å²) >= 11 is 12.3. The molecule has 5 nitrogen and oxygen atoms in total. The quantitative estimate of drug-likeness (QED) is 0.308. The monoisotopic (exact) mass is 464 g/mol. The second kappa shape index (κ2) is 9.98. The molecule has 1 aromatic heterocycles. The van der Waals surface area contributed by atoms with Crippen LogP contribution in [0.5, 0.6) is 0 Å². The number of halogens is 2. The number of aromatic nitrogens is 3. The Morgan fingerprint density at radius 3 is 2.38 bits per heavy atom. The lowest BCUT2D eigenvalue weighted by atomic mass is 10.1. The van der Waals surface area contributed by atoms with Crippen LogP contribution in [0.4, 0.5) is 5.69 Å². The van der Waals surface area contributed by atoms with Gasteiger partial charge in [0, 0.05) is 11.1 Å². The Labute approximate surface area is 196 Å². The van der Waals surface area contributed by atoms with Crippen molar-refractivity contribution in [3.63, 3.8) is 0 Å². The molecule has 32 heavy (non-hydrogen) atoms. The molecule has 162 valence electrons. The van der Waals surface area contributed by atoms with E-state index in [0.717, 1.165) is 17.7 Å². The summed E-state index contributed by atoms with van der Waals surface area (Å²) in [6.45, 7) is 2.19. The van der Waals surface area contributed by atoms with Crippen LogP contribution >= 0.6 is 23.2 Å². The first-order valence-electron chi connectivity index (χ1n) is 10.4. The van der Waals surface area contributed by atoms with Gasteiger partial charge in [0.05, 0.1) is 16.4 Å². The highest BCUT2D eigenvalue weighted by Crippen LogP contribution is 2.27. The third kappa shape index (κ3) is 5.36. The maximum absolute atomic E-state index is 12.4. The molecular formula is C25H22Cl2N4O. The molecule has 0 spiro atoms. The summed E-state index contributed by atoms with van der Waals surface area (Å²) in [6.07, 6.45) is 6.56. The second-order valence-electron chi connectivity index (χ2n) is 7.45. The Hall–Kier alpha value is -3.15. The van der Waals surface area contributed by atoms with Crippen molar-refractivity contribution in [2.45, 2.75) is 26.2 Å². The number of unbranched alkanes of at least 4 members (excludes halogenated alkanes) is 1. The van der Waals surface area contributed by atoms with Gasteiger partial charge >= 0.3 is 0 Å². The molecule has 0 radical (unpaired) electrons. The Morgan fingerprint density at radius 2 is 1.69 bits per heavy atom. The molecule has 1 amide bonds. The molecule has 0 saturated heterocycles. The summed E-state index contributed by atoms with van der Waals surface area (Å²) in [7, 11) is 0. The summed E-state index contributed by atoms with van der Waals surface area (Å²) in [5.41, 5.74) is 4.81.